The Morgan fingerprint density at radius 1 is 0.553 bits per heavy atom. The van der Waals surface area contributed by atoms with E-state index in [1.165, 1.54) is 13.8 Å². The first kappa shape index (κ1) is 66.4. The minimum absolute atomic E-state index is 0.0540. The summed E-state index contributed by atoms with van der Waals surface area (Å²) in [5.74, 6) is -1.62. The fourth-order valence-corrected chi connectivity index (χ4v) is 18.6. The van der Waals surface area contributed by atoms with Gasteiger partial charge < -0.3 is 129 Å². The van der Waals surface area contributed by atoms with Gasteiger partial charge in [-0.05, 0) is 131 Å². The summed E-state index contributed by atoms with van der Waals surface area (Å²) in [4.78, 5) is 15.5. The molecule has 0 spiro atoms. The van der Waals surface area contributed by atoms with Crippen molar-refractivity contribution in [2.24, 2.45) is 56.7 Å². The summed E-state index contributed by atoms with van der Waals surface area (Å²) in [6.45, 7) is 13.1. The van der Waals surface area contributed by atoms with Crippen molar-refractivity contribution in [2.45, 2.75) is 272 Å². The van der Waals surface area contributed by atoms with Crippen molar-refractivity contribution in [2.75, 3.05) is 26.4 Å². The molecule has 0 amide bonds. The van der Waals surface area contributed by atoms with Gasteiger partial charge in [0, 0.05) is 5.41 Å². The van der Waals surface area contributed by atoms with E-state index in [1.807, 2.05) is 6.92 Å². The number of aliphatic hydroxyl groups excluding tert-OH is 15. The van der Waals surface area contributed by atoms with Crippen LogP contribution in [0.4, 0.5) is 0 Å². The van der Waals surface area contributed by atoms with Crippen LogP contribution in [-0.4, -0.2) is 273 Å². The quantitative estimate of drug-likeness (QED) is 0.0584. The van der Waals surface area contributed by atoms with Crippen LogP contribution in [-0.2, 0) is 52.2 Å². The minimum Gasteiger partial charge on any atom is -0.432 e. The van der Waals surface area contributed by atoms with Gasteiger partial charge in [0.2, 0.25) is 6.29 Å². The minimum atomic E-state index is -1.95. The molecule has 0 radical (unpaired) electrons. The summed E-state index contributed by atoms with van der Waals surface area (Å²) in [5.41, 5.74) is -4.70. The predicted molar refractivity (Wildman–Crippen MR) is 285 cm³/mol. The average molecular weight is 1230 g/mol. The number of hydrogen-bond donors (Lipinski definition) is 16. The Balaban J connectivity index is 0.844. The first-order valence-corrected chi connectivity index (χ1v) is 30.6. The third kappa shape index (κ3) is 10.9. The zero-order chi connectivity index (χ0) is 62.2. The highest BCUT2D eigenvalue weighted by molar-refractivity contribution is 5.79. The topological polar surface area (TPSA) is 433 Å². The number of hydrogen-bond acceptors (Lipinski definition) is 27. The van der Waals surface area contributed by atoms with Crippen molar-refractivity contribution in [1.82, 2.24) is 0 Å². The van der Waals surface area contributed by atoms with Crippen molar-refractivity contribution < 1.29 is 134 Å². The van der Waals surface area contributed by atoms with Crippen LogP contribution in [0, 0.1) is 56.7 Å². The molecule has 0 aromatic rings. The summed E-state index contributed by atoms with van der Waals surface area (Å²) in [6, 6.07) is 0. The molecule has 0 unspecified atom stereocenters. The van der Waals surface area contributed by atoms with Crippen LogP contribution in [0.2, 0.25) is 0 Å². The molecule has 10 aliphatic rings. The van der Waals surface area contributed by atoms with Crippen LogP contribution in [0.15, 0.2) is 0 Å². The Morgan fingerprint density at radius 2 is 1.13 bits per heavy atom. The highest BCUT2D eigenvalue weighted by Gasteiger charge is 2.77. The number of aliphatic hydroxyl groups is 16. The molecule has 85 heavy (non-hydrogen) atoms. The number of ether oxygens (including phenoxy) is 10. The van der Waals surface area contributed by atoms with Crippen LogP contribution in [0.3, 0.4) is 0 Å². The van der Waals surface area contributed by atoms with Gasteiger partial charge in [-0.25, -0.2) is 0 Å². The van der Waals surface area contributed by atoms with E-state index >= 15 is 4.79 Å². The Bertz CT molecular complexity index is 2320. The Hall–Kier alpha value is -1.53. The summed E-state index contributed by atoms with van der Waals surface area (Å²) in [6.07, 6.45) is -33.8. The van der Waals surface area contributed by atoms with Crippen LogP contribution in [0.5, 0.6) is 0 Å². The maximum Gasteiger partial charge on any atom is 0.314 e. The van der Waals surface area contributed by atoms with Crippen molar-refractivity contribution in [3.8, 4) is 0 Å². The second-order valence-corrected chi connectivity index (χ2v) is 28.4. The van der Waals surface area contributed by atoms with Gasteiger partial charge in [0.15, 0.2) is 25.2 Å². The molecule has 16 N–H and O–H groups in total. The second-order valence-electron chi connectivity index (χ2n) is 28.4. The third-order valence-corrected chi connectivity index (χ3v) is 23.5. The van der Waals surface area contributed by atoms with E-state index in [0.717, 1.165) is 6.42 Å². The maximum absolute atomic E-state index is 15.5. The van der Waals surface area contributed by atoms with Crippen molar-refractivity contribution in [3.05, 3.63) is 0 Å². The van der Waals surface area contributed by atoms with Crippen LogP contribution < -0.4 is 0 Å². The molecule has 5 saturated heterocycles. The number of esters is 1. The fourth-order valence-electron chi connectivity index (χ4n) is 18.6. The first-order chi connectivity index (χ1) is 39.7. The lowest BCUT2D eigenvalue weighted by atomic mass is 9.35. The first-order valence-electron chi connectivity index (χ1n) is 30.6. The molecule has 5 heterocycles. The lowest BCUT2D eigenvalue weighted by molar-refractivity contribution is -0.366. The summed E-state index contributed by atoms with van der Waals surface area (Å²) in [7, 11) is 0. The number of fused-ring (bicyclic) bond motifs is 7. The Labute approximate surface area is 493 Å². The van der Waals surface area contributed by atoms with Gasteiger partial charge in [-0.1, -0.05) is 27.7 Å². The maximum atomic E-state index is 15.5. The van der Waals surface area contributed by atoms with Crippen LogP contribution >= 0.6 is 0 Å². The zero-order valence-electron chi connectivity index (χ0n) is 49.7. The highest BCUT2D eigenvalue weighted by atomic mass is 16.8. The van der Waals surface area contributed by atoms with E-state index in [-0.39, 0.29) is 36.9 Å². The Kier molecular flexibility index (Phi) is 18.9. The van der Waals surface area contributed by atoms with E-state index < -0.39 is 211 Å². The van der Waals surface area contributed by atoms with Gasteiger partial charge in [0.1, 0.15) is 104 Å². The van der Waals surface area contributed by atoms with Gasteiger partial charge in [-0.2, -0.15) is 0 Å². The molecule has 0 aromatic heterocycles. The molecule has 5 aliphatic carbocycles. The van der Waals surface area contributed by atoms with E-state index in [2.05, 4.69) is 20.8 Å². The molecule has 490 valence electrons. The molecular formula is C58H96O27. The molecule has 10 fully saturated rings. The molecule has 5 aliphatic heterocycles. The van der Waals surface area contributed by atoms with Crippen LogP contribution in [0.25, 0.3) is 0 Å². The van der Waals surface area contributed by atoms with Crippen molar-refractivity contribution in [3.63, 3.8) is 0 Å². The van der Waals surface area contributed by atoms with E-state index in [1.54, 1.807) is 13.8 Å². The van der Waals surface area contributed by atoms with Gasteiger partial charge >= 0.3 is 5.97 Å². The molecule has 0 bridgehead atoms. The summed E-state index contributed by atoms with van der Waals surface area (Å²) < 4.78 is 59.5. The fraction of sp³-hybridized carbons (Fsp3) is 0.983. The smallest absolute Gasteiger partial charge is 0.314 e. The summed E-state index contributed by atoms with van der Waals surface area (Å²) in [5, 5.41) is 175. The third-order valence-electron chi connectivity index (χ3n) is 23.5. The largest absolute Gasteiger partial charge is 0.432 e. The second kappa shape index (κ2) is 24.2. The van der Waals surface area contributed by atoms with E-state index in [9.17, 15) is 81.7 Å². The van der Waals surface area contributed by atoms with Gasteiger partial charge in [-0.15, -0.1) is 0 Å². The SMILES string of the molecule is C[C@@H]1O[C@@H](O[C@H]2[C@H](O[C@H]3CC[C@@]4(C)[C@@H](CC[C@]5(C)[C@@H]4CC[C@@H]4[C@H]6[C@H](C(C)(C)O)CC[C@]6(C(=O)O[C@@H]6O[C@H](CO[C@@H]7O[C@H](CO)[C@@H](O[C@@H]8O[C@@H](C)[C@H](O)[C@@H](O)[C@H]8O)[C@H](O)[C@H]7O)[C@@H](O)[C@H](O)[C@H]6O)C[C@]45C)[C@]3(C)CO)OC[C@H](O)[C@@H]2O)[C@H](O)[C@H](O)[C@H]1O. The molecule has 35 atom stereocenters. The highest BCUT2D eigenvalue weighted by Crippen LogP contribution is 2.80. The van der Waals surface area contributed by atoms with Crippen molar-refractivity contribution in [1.29, 1.82) is 0 Å². The van der Waals surface area contributed by atoms with Gasteiger partial charge in [-0.3, -0.25) is 4.79 Å². The standard InChI is InChI=1S/C58H96O27/c1-22-33(62)37(66)41(70)48(78-22)83-45-27(17-59)80-47(44(73)40(45)69)77-19-28-36(65)39(68)43(72)50(81-28)85-52(74)58-16-11-24(53(3,4)75)32(58)25-9-10-30-54(5)14-13-31(55(6,21-60)29(54)12-15-56(30,7)57(25,8)20-58)82-51-46(35(64)26(61)18-76-51)84-49-42(71)38(67)34(63)23(2)79-49/h22-51,59-73,75H,9-21H2,1-8H3/t22-,23-,24+,25+,26-,27+,28+,29+,30+,31-,32+,33-,34-,35-,36+,37+,38+,39-,40+,41+,42+,43+,44+,45+,46+,47+,48-,49-,50-,51-,54-,55-,56+,57+,58-/m0/s1. The number of carbonyl (C=O) groups excluding carboxylic acids is 1. The lowest BCUT2D eigenvalue weighted by Gasteiger charge is -2.70. The molecule has 5 saturated carbocycles. The normalized spacial score (nSPS) is 56.4. The zero-order valence-corrected chi connectivity index (χ0v) is 49.7. The molecule has 27 heteroatoms. The lowest BCUT2D eigenvalue weighted by Crippen LogP contribution is -2.66. The molecule has 0 aromatic carbocycles. The van der Waals surface area contributed by atoms with E-state index in [0.29, 0.717) is 51.4 Å². The monoisotopic (exact) mass is 1220 g/mol. The molecule has 27 nitrogen and oxygen atoms in total. The Morgan fingerprint density at radius 3 is 1.73 bits per heavy atom. The predicted octanol–water partition coefficient (Wildman–Crippen LogP) is -3.88. The van der Waals surface area contributed by atoms with E-state index in [4.69, 9.17) is 47.4 Å². The van der Waals surface area contributed by atoms with Crippen LogP contribution in [0.1, 0.15) is 113 Å². The molecular weight excluding hydrogens is 1130 g/mol. The average Bonchev–Trinajstić information content (AvgIpc) is 1.59. The van der Waals surface area contributed by atoms with Gasteiger partial charge in [0.05, 0.1) is 55.8 Å². The summed E-state index contributed by atoms with van der Waals surface area (Å²) >= 11 is 0. The number of carbonyl (C=O) groups is 1. The van der Waals surface area contributed by atoms with Crippen molar-refractivity contribution >= 4 is 5.97 Å². The molecule has 10 rings (SSSR count). The number of rotatable bonds is 14. The van der Waals surface area contributed by atoms with Gasteiger partial charge in [0.25, 0.3) is 0 Å².